The van der Waals surface area contributed by atoms with Gasteiger partial charge < -0.3 is 23.7 Å². The Labute approximate surface area is 210 Å². The summed E-state index contributed by atoms with van der Waals surface area (Å²) in [6.45, 7) is 29.8. The van der Waals surface area contributed by atoms with Crippen LogP contribution in [0.3, 0.4) is 0 Å². The summed E-state index contributed by atoms with van der Waals surface area (Å²) in [4.78, 5) is 12.7. The summed E-state index contributed by atoms with van der Waals surface area (Å²) < 4.78 is 29.5. The predicted octanol–water partition coefficient (Wildman–Crippen LogP) is 7.56. The second-order valence-electron chi connectivity index (χ2n) is 12.7. The first kappa shape index (κ1) is 33.1. The highest BCUT2D eigenvalue weighted by Crippen LogP contribution is 2.39. The average Bonchev–Trinajstić information content (AvgIpc) is 2.58. The van der Waals surface area contributed by atoms with E-state index in [9.17, 15) is 4.79 Å². The molecule has 0 fully saturated rings. The van der Waals surface area contributed by atoms with Gasteiger partial charge in [-0.2, -0.15) is 0 Å². The minimum atomic E-state index is -0.728. The first-order valence-electron chi connectivity index (χ1n) is 13.0. The van der Waals surface area contributed by atoms with E-state index in [-0.39, 0.29) is 17.8 Å². The van der Waals surface area contributed by atoms with Gasteiger partial charge in [-0.3, -0.25) is 0 Å². The maximum Gasteiger partial charge on any atom is 0.509 e. The maximum atomic E-state index is 12.7. The van der Waals surface area contributed by atoms with E-state index in [0.717, 1.165) is 12.8 Å². The van der Waals surface area contributed by atoms with Gasteiger partial charge in [-0.1, -0.05) is 27.7 Å². The molecule has 0 amide bonds. The lowest BCUT2D eigenvalue weighted by Crippen LogP contribution is -2.50. The summed E-state index contributed by atoms with van der Waals surface area (Å²) in [5, 5.41) is 0. The fraction of sp³-hybridized carbons (Fsp3) is 0.964. The largest absolute Gasteiger partial charge is 0.509 e. The first-order chi connectivity index (χ1) is 15.2. The molecule has 0 bridgehead atoms. The van der Waals surface area contributed by atoms with Crippen molar-refractivity contribution in [2.45, 2.75) is 151 Å². The number of rotatable bonds is 16. The van der Waals surface area contributed by atoms with Crippen LogP contribution in [0.4, 0.5) is 4.79 Å². The Bertz CT molecular complexity index is 592. The van der Waals surface area contributed by atoms with E-state index in [1.807, 2.05) is 41.5 Å². The van der Waals surface area contributed by atoms with Crippen LogP contribution in [0.15, 0.2) is 0 Å². The molecule has 0 aromatic carbocycles. The molecule has 0 aliphatic rings. The topological polar surface area (TPSA) is 63.2 Å². The van der Waals surface area contributed by atoms with Crippen molar-refractivity contribution in [2.75, 3.05) is 13.2 Å². The molecule has 0 aromatic heterocycles. The van der Waals surface area contributed by atoms with Crippen molar-refractivity contribution in [2.24, 2.45) is 11.3 Å². The first-order valence-corrected chi connectivity index (χ1v) is 13.0. The Hall–Kier alpha value is -0.850. The van der Waals surface area contributed by atoms with Crippen LogP contribution in [0.1, 0.15) is 116 Å². The van der Waals surface area contributed by atoms with Crippen LogP contribution in [0, 0.1) is 11.3 Å². The second-order valence-corrected chi connectivity index (χ2v) is 12.7. The summed E-state index contributed by atoms with van der Waals surface area (Å²) in [6, 6.07) is 0. The Morgan fingerprint density at radius 2 is 1.35 bits per heavy atom. The summed E-state index contributed by atoms with van der Waals surface area (Å²) >= 11 is 0. The van der Waals surface area contributed by atoms with Crippen LogP contribution >= 0.6 is 0 Å². The van der Waals surface area contributed by atoms with E-state index < -0.39 is 28.9 Å². The van der Waals surface area contributed by atoms with E-state index in [1.165, 1.54) is 0 Å². The summed E-state index contributed by atoms with van der Waals surface area (Å²) in [7, 11) is 0. The van der Waals surface area contributed by atoms with Crippen LogP contribution in [0.25, 0.3) is 0 Å². The zero-order chi connectivity index (χ0) is 27.0. The molecule has 6 heteroatoms. The van der Waals surface area contributed by atoms with Crippen LogP contribution in [-0.4, -0.2) is 54.5 Å². The van der Waals surface area contributed by atoms with Crippen LogP contribution in [-0.2, 0) is 23.7 Å². The highest BCUT2D eigenvalue weighted by molar-refractivity contribution is 5.60. The Morgan fingerprint density at radius 1 is 0.794 bits per heavy atom. The number of ether oxygens (including phenoxy) is 5. The molecule has 0 spiro atoms. The molecule has 204 valence electrons. The zero-order valence-corrected chi connectivity index (χ0v) is 24.8. The molecule has 0 aromatic rings. The van der Waals surface area contributed by atoms with Crippen LogP contribution < -0.4 is 0 Å². The lowest BCUT2D eigenvalue weighted by Gasteiger charge is -2.44. The van der Waals surface area contributed by atoms with Gasteiger partial charge in [-0.15, -0.1) is 0 Å². The molecule has 0 radical (unpaired) electrons. The molecule has 0 heterocycles. The Kier molecular flexibility index (Phi) is 13.1. The van der Waals surface area contributed by atoms with Crippen LogP contribution in [0.5, 0.6) is 0 Å². The number of carbonyl (C=O) groups excluding carboxylic acids is 1. The van der Waals surface area contributed by atoms with E-state index in [1.54, 1.807) is 0 Å². The van der Waals surface area contributed by atoms with Gasteiger partial charge in [0, 0.05) is 25.0 Å². The van der Waals surface area contributed by atoms with Crippen molar-refractivity contribution in [3.05, 3.63) is 0 Å². The molecule has 2 atom stereocenters. The van der Waals surface area contributed by atoms with Crippen molar-refractivity contribution in [1.29, 1.82) is 0 Å². The number of hydrogen-bond donors (Lipinski definition) is 0. The van der Waals surface area contributed by atoms with Gasteiger partial charge in [-0.05, 0) is 88.0 Å². The molecule has 34 heavy (non-hydrogen) atoms. The predicted molar refractivity (Wildman–Crippen MR) is 139 cm³/mol. The highest BCUT2D eigenvalue weighted by atomic mass is 16.7. The molecule has 0 rings (SSSR count). The fourth-order valence-electron chi connectivity index (χ4n) is 3.69. The van der Waals surface area contributed by atoms with Gasteiger partial charge in [0.25, 0.3) is 0 Å². The standard InChI is InChI=1S/C28H56O6/c1-20(2)15-17-31-28(13,14)27(11,12)23(6)32-24(29)34-26(9,10)19-22(5)33-25(7,8)16-18-30-21(3)4/h20-23H,15-19H2,1-14H3. The molecule has 0 N–H and O–H groups in total. The molecule has 0 aliphatic heterocycles. The summed E-state index contributed by atoms with van der Waals surface area (Å²) in [5.74, 6) is 0.579. The molecular formula is C28H56O6. The lowest BCUT2D eigenvalue weighted by atomic mass is 9.73. The highest BCUT2D eigenvalue weighted by Gasteiger charge is 2.45. The molecule has 2 unspecified atom stereocenters. The molecule has 0 saturated carbocycles. The molecular weight excluding hydrogens is 432 g/mol. The smallest absolute Gasteiger partial charge is 0.431 e. The number of carbonyl (C=O) groups is 1. The van der Waals surface area contributed by atoms with Crippen molar-refractivity contribution >= 4 is 6.16 Å². The monoisotopic (exact) mass is 488 g/mol. The molecule has 0 aliphatic carbocycles. The minimum Gasteiger partial charge on any atom is -0.431 e. The van der Waals surface area contributed by atoms with E-state index in [2.05, 4.69) is 55.4 Å². The van der Waals surface area contributed by atoms with Crippen molar-refractivity contribution < 1.29 is 28.5 Å². The number of hydrogen-bond acceptors (Lipinski definition) is 6. The van der Waals surface area contributed by atoms with Gasteiger partial charge >= 0.3 is 6.16 Å². The Balaban J connectivity index is 4.82. The van der Waals surface area contributed by atoms with Crippen molar-refractivity contribution in [1.82, 2.24) is 0 Å². The third kappa shape index (κ3) is 12.7. The third-order valence-electron chi connectivity index (χ3n) is 6.81. The molecule has 0 saturated heterocycles. The minimum absolute atomic E-state index is 0.0981. The van der Waals surface area contributed by atoms with Gasteiger partial charge in [0.1, 0.15) is 11.7 Å². The van der Waals surface area contributed by atoms with Gasteiger partial charge in [-0.25, -0.2) is 4.79 Å². The van der Waals surface area contributed by atoms with E-state index >= 15 is 0 Å². The molecule has 6 nitrogen and oxygen atoms in total. The zero-order valence-electron chi connectivity index (χ0n) is 24.8. The van der Waals surface area contributed by atoms with Gasteiger partial charge in [0.2, 0.25) is 0 Å². The third-order valence-corrected chi connectivity index (χ3v) is 6.81. The van der Waals surface area contributed by atoms with E-state index in [4.69, 9.17) is 23.7 Å². The van der Waals surface area contributed by atoms with Crippen LogP contribution in [0.2, 0.25) is 0 Å². The lowest BCUT2D eigenvalue weighted by molar-refractivity contribution is -0.153. The Morgan fingerprint density at radius 3 is 1.85 bits per heavy atom. The summed E-state index contributed by atoms with van der Waals surface area (Å²) in [6.07, 6.45) is 1.39. The van der Waals surface area contributed by atoms with Gasteiger partial charge in [0.15, 0.2) is 0 Å². The van der Waals surface area contributed by atoms with Gasteiger partial charge in [0.05, 0.1) is 23.4 Å². The quantitative estimate of drug-likeness (QED) is 0.209. The SMILES string of the molecule is CC(C)CCOC(C)(C)C(C)(C)C(C)OC(=O)OC(C)(C)CC(C)OC(C)(C)CCOC(C)C. The van der Waals surface area contributed by atoms with Crippen molar-refractivity contribution in [3.8, 4) is 0 Å². The fourth-order valence-corrected chi connectivity index (χ4v) is 3.69. The average molecular weight is 489 g/mol. The van der Waals surface area contributed by atoms with E-state index in [0.29, 0.717) is 25.6 Å². The summed E-state index contributed by atoms with van der Waals surface area (Å²) in [5.41, 5.74) is -1.94. The normalized spacial score (nSPS) is 15.5. The second kappa shape index (κ2) is 13.5. The maximum absolute atomic E-state index is 12.7. The van der Waals surface area contributed by atoms with Crippen molar-refractivity contribution in [3.63, 3.8) is 0 Å².